The Balaban J connectivity index is 2.61. The fraction of sp³-hybridized carbons (Fsp3) is 1.00. The van der Waals surface area contributed by atoms with Gasteiger partial charge in [0.15, 0.2) is 0 Å². The van der Waals surface area contributed by atoms with Gasteiger partial charge >= 0.3 is 0 Å². The van der Waals surface area contributed by atoms with Crippen LogP contribution in [-0.2, 0) is 4.74 Å². The summed E-state index contributed by atoms with van der Waals surface area (Å²) in [6.07, 6.45) is 0.948. The monoisotopic (exact) mass is 202 g/mol. The number of aliphatic hydroxyl groups excluding tert-OH is 1. The summed E-state index contributed by atoms with van der Waals surface area (Å²) in [5, 5.41) is 9.24. The molecule has 0 aromatic rings. The van der Waals surface area contributed by atoms with E-state index in [0.717, 1.165) is 19.6 Å². The maximum atomic E-state index is 9.24. The Labute approximate surface area is 86.0 Å². The molecule has 4 heteroatoms. The van der Waals surface area contributed by atoms with Crippen molar-refractivity contribution in [3.8, 4) is 0 Å². The third kappa shape index (κ3) is 2.67. The van der Waals surface area contributed by atoms with Crippen LogP contribution in [0.2, 0.25) is 0 Å². The molecule has 0 amide bonds. The number of hydrogen-bond donors (Lipinski definition) is 2. The first kappa shape index (κ1) is 11.9. The number of nitrogens with zero attached hydrogens (tertiary/aromatic N) is 1. The van der Waals surface area contributed by atoms with E-state index in [4.69, 9.17) is 10.5 Å². The second kappa shape index (κ2) is 5.07. The zero-order valence-electron chi connectivity index (χ0n) is 9.20. The van der Waals surface area contributed by atoms with Crippen molar-refractivity contribution >= 4 is 0 Å². The van der Waals surface area contributed by atoms with Gasteiger partial charge in [-0.2, -0.15) is 0 Å². The van der Waals surface area contributed by atoms with Crippen molar-refractivity contribution in [1.82, 2.24) is 4.90 Å². The summed E-state index contributed by atoms with van der Waals surface area (Å²) in [6.45, 7) is 7.46. The smallest absolute Gasteiger partial charge is 0.0645 e. The van der Waals surface area contributed by atoms with E-state index in [-0.39, 0.29) is 18.2 Å². The average molecular weight is 202 g/mol. The van der Waals surface area contributed by atoms with E-state index >= 15 is 0 Å². The number of rotatable bonds is 4. The Morgan fingerprint density at radius 2 is 2.29 bits per heavy atom. The van der Waals surface area contributed by atoms with Crippen molar-refractivity contribution in [3.05, 3.63) is 0 Å². The molecule has 0 bridgehead atoms. The van der Waals surface area contributed by atoms with Gasteiger partial charge in [-0.1, -0.05) is 0 Å². The van der Waals surface area contributed by atoms with Gasteiger partial charge in [-0.15, -0.1) is 0 Å². The van der Waals surface area contributed by atoms with E-state index in [9.17, 15) is 5.11 Å². The normalized spacial score (nSPS) is 25.3. The number of nitrogens with two attached hydrogens (primary N) is 1. The highest BCUT2D eigenvalue weighted by molar-refractivity contribution is 4.88. The third-order valence-electron chi connectivity index (χ3n) is 2.97. The van der Waals surface area contributed by atoms with Crippen LogP contribution in [0.15, 0.2) is 0 Å². The molecule has 0 aromatic heterocycles. The average Bonchev–Trinajstić information content (AvgIpc) is 2.18. The van der Waals surface area contributed by atoms with Gasteiger partial charge in [-0.3, -0.25) is 4.90 Å². The molecule has 0 spiro atoms. The highest BCUT2D eigenvalue weighted by Crippen LogP contribution is 2.23. The largest absolute Gasteiger partial charge is 0.395 e. The van der Waals surface area contributed by atoms with Crippen LogP contribution < -0.4 is 5.73 Å². The third-order valence-corrected chi connectivity index (χ3v) is 2.97. The predicted molar refractivity (Wildman–Crippen MR) is 56.1 cm³/mol. The summed E-state index contributed by atoms with van der Waals surface area (Å²) in [6, 6.07) is 0.130. The van der Waals surface area contributed by atoms with Crippen LogP contribution >= 0.6 is 0 Å². The molecule has 0 saturated carbocycles. The van der Waals surface area contributed by atoms with Crippen molar-refractivity contribution in [2.24, 2.45) is 5.73 Å². The highest BCUT2D eigenvalue weighted by atomic mass is 16.5. The summed E-state index contributed by atoms with van der Waals surface area (Å²) >= 11 is 0. The zero-order valence-corrected chi connectivity index (χ0v) is 9.20. The summed E-state index contributed by atoms with van der Waals surface area (Å²) < 4.78 is 5.34. The summed E-state index contributed by atoms with van der Waals surface area (Å²) in [4.78, 5) is 2.31. The Morgan fingerprint density at radius 1 is 1.57 bits per heavy atom. The molecule has 0 radical (unpaired) electrons. The van der Waals surface area contributed by atoms with Crippen molar-refractivity contribution in [2.75, 3.05) is 32.9 Å². The number of morpholine rings is 1. The minimum absolute atomic E-state index is 0.0614. The van der Waals surface area contributed by atoms with Gasteiger partial charge in [0.1, 0.15) is 0 Å². The first-order valence-corrected chi connectivity index (χ1v) is 5.27. The van der Waals surface area contributed by atoms with Gasteiger partial charge in [0.05, 0.1) is 25.9 Å². The maximum Gasteiger partial charge on any atom is 0.0645 e. The standard InChI is InChI=1S/C10H22N2O2/c1-10(2,3-4-11)12-5-6-14-8-9(12)7-13/h9,13H,3-8,11H2,1-2H3. The Morgan fingerprint density at radius 3 is 2.86 bits per heavy atom. The molecule has 1 aliphatic heterocycles. The van der Waals surface area contributed by atoms with E-state index < -0.39 is 0 Å². The molecule has 1 saturated heterocycles. The van der Waals surface area contributed by atoms with Crippen molar-refractivity contribution in [2.45, 2.75) is 31.8 Å². The van der Waals surface area contributed by atoms with Gasteiger partial charge in [0.25, 0.3) is 0 Å². The van der Waals surface area contributed by atoms with E-state index in [2.05, 4.69) is 18.7 Å². The lowest BCUT2D eigenvalue weighted by Gasteiger charge is -2.45. The molecule has 0 aliphatic carbocycles. The molecule has 1 rings (SSSR count). The summed E-state index contributed by atoms with van der Waals surface area (Å²) in [7, 11) is 0. The molecular weight excluding hydrogens is 180 g/mol. The Hall–Kier alpha value is -0.160. The molecule has 14 heavy (non-hydrogen) atoms. The highest BCUT2D eigenvalue weighted by Gasteiger charge is 2.33. The van der Waals surface area contributed by atoms with Gasteiger partial charge < -0.3 is 15.6 Å². The molecule has 1 unspecified atom stereocenters. The van der Waals surface area contributed by atoms with Crippen molar-refractivity contribution < 1.29 is 9.84 Å². The maximum absolute atomic E-state index is 9.24. The fourth-order valence-electron chi connectivity index (χ4n) is 2.10. The molecule has 4 nitrogen and oxygen atoms in total. The topological polar surface area (TPSA) is 58.7 Å². The first-order valence-electron chi connectivity index (χ1n) is 5.27. The predicted octanol–water partition coefficient (Wildman–Crippen LogP) is -0.193. The van der Waals surface area contributed by atoms with Crippen LogP contribution in [-0.4, -0.2) is 54.5 Å². The van der Waals surface area contributed by atoms with Crippen molar-refractivity contribution in [1.29, 1.82) is 0 Å². The van der Waals surface area contributed by atoms with E-state index in [1.165, 1.54) is 0 Å². The molecule has 84 valence electrons. The lowest BCUT2D eigenvalue weighted by Crippen LogP contribution is -2.57. The van der Waals surface area contributed by atoms with Crippen LogP contribution in [0.3, 0.4) is 0 Å². The second-order valence-electron chi connectivity index (χ2n) is 4.46. The van der Waals surface area contributed by atoms with Gasteiger partial charge in [-0.25, -0.2) is 0 Å². The quantitative estimate of drug-likeness (QED) is 0.663. The number of aliphatic hydroxyl groups is 1. The summed E-state index contributed by atoms with van der Waals surface area (Å²) in [5.41, 5.74) is 5.65. The summed E-state index contributed by atoms with van der Waals surface area (Å²) in [5.74, 6) is 0. The van der Waals surface area contributed by atoms with Crippen LogP contribution in [0.4, 0.5) is 0 Å². The SMILES string of the molecule is CC(C)(CCN)N1CCOCC1CO. The van der Waals surface area contributed by atoms with Crippen LogP contribution in [0.1, 0.15) is 20.3 Å². The number of hydrogen-bond acceptors (Lipinski definition) is 4. The zero-order chi connectivity index (χ0) is 10.6. The van der Waals surface area contributed by atoms with Crippen molar-refractivity contribution in [3.63, 3.8) is 0 Å². The van der Waals surface area contributed by atoms with Gasteiger partial charge in [-0.05, 0) is 26.8 Å². The Bertz CT molecular complexity index is 174. The van der Waals surface area contributed by atoms with E-state index in [1.54, 1.807) is 0 Å². The van der Waals surface area contributed by atoms with Crippen LogP contribution in [0, 0.1) is 0 Å². The van der Waals surface area contributed by atoms with E-state index in [0.29, 0.717) is 13.2 Å². The van der Waals surface area contributed by atoms with Gasteiger partial charge in [0.2, 0.25) is 0 Å². The van der Waals surface area contributed by atoms with E-state index in [1.807, 2.05) is 0 Å². The molecule has 1 fully saturated rings. The molecule has 1 atom stereocenters. The lowest BCUT2D eigenvalue weighted by atomic mass is 9.95. The molecule has 0 aromatic carbocycles. The minimum Gasteiger partial charge on any atom is -0.395 e. The molecule has 1 aliphatic rings. The lowest BCUT2D eigenvalue weighted by molar-refractivity contribution is -0.0720. The molecule has 3 N–H and O–H groups in total. The number of ether oxygens (including phenoxy) is 1. The minimum atomic E-state index is 0.0614. The molecule has 1 heterocycles. The van der Waals surface area contributed by atoms with Crippen LogP contribution in [0.5, 0.6) is 0 Å². The Kier molecular flexibility index (Phi) is 4.31. The van der Waals surface area contributed by atoms with Gasteiger partial charge in [0, 0.05) is 12.1 Å². The first-order chi connectivity index (χ1) is 6.61. The molecular formula is C10H22N2O2. The second-order valence-corrected chi connectivity index (χ2v) is 4.46. The fourth-order valence-corrected chi connectivity index (χ4v) is 2.10. The van der Waals surface area contributed by atoms with Crippen LogP contribution in [0.25, 0.3) is 0 Å².